The fraction of sp³-hybridized carbons (Fsp3) is 0.533. The van der Waals surface area contributed by atoms with E-state index in [1.54, 1.807) is 19.1 Å². The molecule has 0 saturated carbocycles. The number of fused-ring (bicyclic) bond motifs is 2. The second-order valence-electron chi connectivity index (χ2n) is 11.0. The van der Waals surface area contributed by atoms with Gasteiger partial charge in [-0.25, -0.2) is 4.79 Å². The van der Waals surface area contributed by atoms with Crippen LogP contribution in [0.4, 0.5) is 4.79 Å². The average Bonchev–Trinajstić information content (AvgIpc) is 2.91. The zero-order valence-corrected chi connectivity index (χ0v) is 23.5. The molecule has 2 aromatic rings. The molecule has 2 heterocycles. The van der Waals surface area contributed by atoms with Gasteiger partial charge in [-0.1, -0.05) is 12.1 Å². The molecule has 210 valence electrons. The number of nitrogens with zero attached hydrogens (tertiary/aromatic N) is 3. The zero-order valence-electron chi connectivity index (χ0n) is 23.5. The van der Waals surface area contributed by atoms with Gasteiger partial charge in [-0.15, -0.1) is 0 Å². The molecule has 2 aliphatic heterocycles. The van der Waals surface area contributed by atoms with Gasteiger partial charge in [0.2, 0.25) is 0 Å². The predicted octanol–water partition coefficient (Wildman–Crippen LogP) is 4.80. The van der Waals surface area contributed by atoms with Gasteiger partial charge in [0.15, 0.2) is 11.5 Å². The number of morpholine rings is 2. The molecule has 2 aliphatic rings. The molecule has 0 spiro atoms. The lowest BCUT2D eigenvalue weighted by molar-refractivity contribution is -0.136. The highest BCUT2D eigenvalue weighted by atomic mass is 16.6. The zero-order chi connectivity index (χ0) is 28.0. The fourth-order valence-corrected chi connectivity index (χ4v) is 5.05. The van der Waals surface area contributed by atoms with E-state index in [1.807, 2.05) is 63.2 Å². The quantitative estimate of drug-likeness (QED) is 0.451. The van der Waals surface area contributed by atoms with Gasteiger partial charge >= 0.3 is 6.09 Å². The standard InChI is InChI=1S/C30H39N3O6/c1-30(2,3)39-29(34)33-19-24-17-32(18-25(20-33)37-24)14-6-7-26(22-10-8-21(16-31)9-11-22)38-23-12-13-27(35-4)28(15-23)36-5/h8-13,15,24-26H,6-7,14,17-20H2,1-5H3. The van der Waals surface area contributed by atoms with Crippen LogP contribution in [0.25, 0.3) is 0 Å². The number of methoxy groups -OCH3 is 2. The molecule has 2 aromatic carbocycles. The molecule has 2 fully saturated rings. The molecule has 9 nitrogen and oxygen atoms in total. The minimum absolute atomic E-state index is 0.0256. The Labute approximate surface area is 231 Å². The molecule has 3 unspecified atom stereocenters. The first-order chi connectivity index (χ1) is 18.7. The van der Waals surface area contributed by atoms with Crippen LogP contribution in [0.1, 0.15) is 50.8 Å². The van der Waals surface area contributed by atoms with Crippen LogP contribution in [-0.4, -0.2) is 80.6 Å². The van der Waals surface area contributed by atoms with E-state index in [9.17, 15) is 10.1 Å². The number of benzene rings is 2. The van der Waals surface area contributed by atoms with Crippen molar-refractivity contribution < 1.29 is 28.5 Å². The number of hydrogen-bond acceptors (Lipinski definition) is 8. The van der Waals surface area contributed by atoms with Crippen LogP contribution in [0.3, 0.4) is 0 Å². The van der Waals surface area contributed by atoms with Crippen molar-refractivity contribution in [3.63, 3.8) is 0 Å². The second kappa shape index (κ2) is 12.6. The van der Waals surface area contributed by atoms with Gasteiger partial charge in [0.1, 0.15) is 17.5 Å². The molecule has 1 amide bonds. The predicted molar refractivity (Wildman–Crippen MR) is 146 cm³/mol. The summed E-state index contributed by atoms with van der Waals surface area (Å²) in [4.78, 5) is 16.8. The Hall–Kier alpha value is -3.48. The molecule has 0 aliphatic carbocycles. The van der Waals surface area contributed by atoms with E-state index in [1.165, 1.54) is 0 Å². The van der Waals surface area contributed by atoms with Crippen LogP contribution >= 0.6 is 0 Å². The monoisotopic (exact) mass is 537 g/mol. The Morgan fingerprint density at radius 3 is 2.28 bits per heavy atom. The van der Waals surface area contributed by atoms with Crippen molar-refractivity contribution in [3.8, 4) is 23.3 Å². The topological polar surface area (TPSA) is 93.5 Å². The maximum Gasteiger partial charge on any atom is 0.410 e. The molecule has 39 heavy (non-hydrogen) atoms. The van der Waals surface area contributed by atoms with Crippen molar-refractivity contribution in [1.82, 2.24) is 9.80 Å². The highest BCUT2D eigenvalue weighted by molar-refractivity contribution is 5.68. The van der Waals surface area contributed by atoms with Gasteiger partial charge in [-0.05, 0) is 70.0 Å². The highest BCUT2D eigenvalue weighted by Gasteiger charge is 2.38. The average molecular weight is 538 g/mol. The Kier molecular flexibility index (Phi) is 9.20. The molecule has 9 heteroatoms. The van der Waals surface area contributed by atoms with Gasteiger partial charge < -0.3 is 28.6 Å². The Morgan fingerprint density at radius 1 is 1.03 bits per heavy atom. The SMILES string of the molecule is COc1ccc(OC(CCCN2CC3CN(C(=O)OC(C)(C)C)CC(C2)O3)c2ccc(C#N)cc2)cc1OC. The number of hydrogen-bond donors (Lipinski definition) is 0. The highest BCUT2D eigenvalue weighted by Crippen LogP contribution is 2.34. The summed E-state index contributed by atoms with van der Waals surface area (Å²) < 4.78 is 28.9. The first-order valence-electron chi connectivity index (χ1n) is 13.4. The van der Waals surface area contributed by atoms with Crippen LogP contribution in [0.15, 0.2) is 42.5 Å². The summed E-state index contributed by atoms with van der Waals surface area (Å²) in [6.07, 6.45) is 1.18. The smallest absolute Gasteiger partial charge is 0.410 e. The van der Waals surface area contributed by atoms with Crippen LogP contribution < -0.4 is 14.2 Å². The fourth-order valence-electron chi connectivity index (χ4n) is 5.05. The molecule has 2 saturated heterocycles. The Bertz CT molecular complexity index is 1140. The number of amides is 1. The summed E-state index contributed by atoms with van der Waals surface area (Å²) in [6, 6.07) is 15.3. The van der Waals surface area contributed by atoms with Gasteiger partial charge in [0.25, 0.3) is 0 Å². The van der Waals surface area contributed by atoms with Crippen molar-refractivity contribution in [2.24, 2.45) is 0 Å². The van der Waals surface area contributed by atoms with Crippen molar-refractivity contribution in [2.45, 2.75) is 57.5 Å². The lowest BCUT2D eigenvalue weighted by Gasteiger charge is -2.45. The minimum Gasteiger partial charge on any atom is -0.493 e. The van der Waals surface area contributed by atoms with E-state index in [0.717, 1.165) is 38.0 Å². The molecule has 3 atom stereocenters. The number of rotatable bonds is 9. The van der Waals surface area contributed by atoms with Crippen LogP contribution in [-0.2, 0) is 9.47 Å². The molecule has 0 radical (unpaired) electrons. The van der Waals surface area contributed by atoms with Crippen molar-refractivity contribution in [3.05, 3.63) is 53.6 Å². The number of nitriles is 1. The van der Waals surface area contributed by atoms with Crippen LogP contribution in [0.5, 0.6) is 17.2 Å². The lowest BCUT2D eigenvalue weighted by atomic mass is 10.0. The molecule has 0 N–H and O–H groups in total. The third-order valence-electron chi connectivity index (χ3n) is 6.79. The third-order valence-corrected chi connectivity index (χ3v) is 6.79. The van der Waals surface area contributed by atoms with E-state index in [4.69, 9.17) is 23.7 Å². The summed E-state index contributed by atoms with van der Waals surface area (Å²) in [5, 5.41) is 9.21. The summed E-state index contributed by atoms with van der Waals surface area (Å²) in [7, 11) is 3.21. The summed E-state index contributed by atoms with van der Waals surface area (Å²) in [5.41, 5.74) is 1.11. The first kappa shape index (κ1) is 28.5. The van der Waals surface area contributed by atoms with Crippen molar-refractivity contribution in [1.29, 1.82) is 5.26 Å². The van der Waals surface area contributed by atoms with Crippen LogP contribution in [0.2, 0.25) is 0 Å². The number of ether oxygens (including phenoxy) is 5. The summed E-state index contributed by atoms with van der Waals surface area (Å²) in [6.45, 7) is 9.17. The largest absolute Gasteiger partial charge is 0.493 e. The molecular weight excluding hydrogens is 498 g/mol. The maximum absolute atomic E-state index is 12.6. The van der Waals surface area contributed by atoms with E-state index in [0.29, 0.717) is 35.9 Å². The Balaban J connectivity index is 1.37. The third kappa shape index (κ3) is 7.78. The summed E-state index contributed by atoms with van der Waals surface area (Å²) in [5.74, 6) is 1.93. The number of carbonyl (C=O) groups excluding carboxylic acids is 1. The van der Waals surface area contributed by atoms with E-state index >= 15 is 0 Å². The molecule has 4 rings (SSSR count). The normalized spacial score (nSPS) is 20.1. The molecular formula is C30H39N3O6. The van der Waals surface area contributed by atoms with Crippen molar-refractivity contribution >= 4 is 6.09 Å². The van der Waals surface area contributed by atoms with E-state index in [-0.39, 0.29) is 24.4 Å². The lowest BCUT2D eigenvalue weighted by Crippen LogP contribution is -2.61. The summed E-state index contributed by atoms with van der Waals surface area (Å²) >= 11 is 0. The second-order valence-corrected chi connectivity index (χ2v) is 11.0. The Morgan fingerprint density at radius 2 is 1.69 bits per heavy atom. The molecule has 2 bridgehead atoms. The van der Waals surface area contributed by atoms with Gasteiger partial charge in [-0.3, -0.25) is 4.90 Å². The number of carbonyl (C=O) groups is 1. The van der Waals surface area contributed by atoms with Gasteiger partial charge in [0.05, 0.1) is 51.1 Å². The van der Waals surface area contributed by atoms with Crippen molar-refractivity contribution in [2.75, 3.05) is 46.9 Å². The molecule has 0 aromatic heterocycles. The minimum atomic E-state index is -0.513. The van der Waals surface area contributed by atoms with Gasteiger partial charge in [-0.2, -0.15) is 5.26 Å². The van der Waals surface area contributed by atoms with E-state index < -0.39 is 5.60 Å². The van der Waals surface area contributed by atoms with Crippen LogP contribution in [0, 0.1) is 11.3 Å². The maximum atomic E-state index is 12.6. The first-order valence-corrected chi connectivity index (χ1v) is 13.4. The van der Waals surface area contributed by atoms with Gasteiger partial charge in [0, 0.05) is 19.2 Å². The van der Waals surface area contributed by atoms with E-state index in [2.05, 4.69) is 11.0 Å².